The van der Waals surface area contributed by atoms with E-state index in [-0.39, 0.29) is 5.82 Å². The molecule has 7 heteroatoms. The Morgan fingerprint density at radius 3 is 2.26 bits per heavy atom. The summed E-state index contributed by atoms with van der Waals surface area (Å²) >= 11 is 0.556. The first-order valence-corrected chi connectivity index (χ1v) is 12.3. The Bertz CT molecular complexity index is 1140. The summed E-state index contributed by atoms with van der Waals surface area (Å²) in [7, 11) is 0. The van der Waals surface area contributed by atoms with E-state index in [0.29, 0.717) is 0 Å². The molecule has 31 heavy (non-hydrogen) atoms. The minimum Gasteiger partial charge on any atom is -0.612 e. The van der Waals surface area contributed by atoms with E-state index >= 15 is 0 Å². The molecular formula is C24H22FN3OS2. The van der Waals surface area contributed by atoms with Gasteiger partial charge in [-0.25, -0.2) is 9.37 Å². The van der Waals surface area contributed by atoms with E-state index in [1.807, 2.05) is 36.4 Å². The van der Waals surface area contributed by atoms with Crippen molar-refractivity contribution in [2.24, 2.45) is 0 Å². The van der Waals surface area contributed by atoms with Gasteiger partial charge < -0.3 is 9.12 Å². The summed E-state index contributed by atoms with van der Waals surface area (Å²) in [5, 5.41) is 0.860. The van der Waals surface area contributed by atoms with Crippen molar-refractivity contribution in [1.82, 2.24) is 14.5 Å². The third-order valence-electron chi connectivity index (χ3n) is 4.82. The summed E-state index contributed by atoms with van der Waals surface area (Å²) in [4.78, 5) is 10.9. The number of hydrogen-bond donors (Lipinski definition) is 0. The number of hydrogen-bond acceptors (Lipinski definition) is 4. The van der Waals surface area contributed by atoms with Crippen molar-refractivity contribution < 1.29 is 8.94 Å². The first-order valence-electron chi connectivity index (χ1n) is 9.95. The van der Waals surface area contributed by atoms with E-state index in [4.69, 9.17) is 4.98 Å². The van der Waals surface area contributed by atoms with E-state index in [0.717, 1.165) is 50.4 Å². The van der Waals surface area contributed by atoms with Crippen LogP contribution < -0.4 is 0 Å². The van der Waals surface area contributed by atoms with Crippen LogP contribution in [-0.2, 0) is 17.7 Å². The van der Waals surface area contributed by atoms with Crippen LogP contribution in [0.1, 0.15) is 13.3 Å². The van der Waals surface area contributed by atoms with Crippen molar-refractivity contribution in [2.45, 2.75) is 34.8 Å². The molecule has 0 aliphatic heterocycles. The Labute approximate surface area is 188 Å². The summed E-state index contributed by atoms with van der Waals surface area (Å²) in [6.07, 6.45) is 6.15. The Morgan fingerprint density at radius 1 is 0.968 bits per heavy atom. The molecule has 0 aliphatic rings. The van der Waals surface area contributed by atoms with E-state index in [9.17, 15) is 8.94 Å². The Hall–Kier alpha value is -2.61. The Kier molecular flexibility index (Phi) is 6.75. The van der Waals surface area contributed by atoms with Gasteiger partial charge in [0.25, 0.3) is 0 Å². The molecule has 0 N–H and O–H groups in total. The van der Waals surface area contributed by atoms with Crippen molar-refractivity contribution in [1.29, 1.82) is 0 Å². The van der Waals surface area contributed by atoms with Gasteiger partial charge in [0.2, 0.25) is 0 Å². The summed E-state index contributed by atoms with van der Waals surface area (Å²) < 4.78 is 27.5. The maximum atomic E-state index is 13.5. The average Bonchev–Trinajstić information content (AvgIpc) is 3.13. The van der Waals surface area contributed by atoms with Crippen LogP contribution in [0.2, 0.25) is 0 Å². The van der Waals surface area contributed by atoms with Gasteiger partial charge in [-0.3, -0.25) is 4.98 Å². The second-order valence-electron chi connectivity index (χ2n) is 7.01. The van der Waals surface area contributed by atoms with Gasteiger partial charge in [0.15, 0.2) is 10.1 Å². The normalized spacial score (nSPS) is 12.1. The monoisotopic (exact) mass is 451 g/mol. The molecule has 0 saturated heterocycles. The molecule has 1 unspecified atom stereocenters. The standard InChI is InChI=1S/C24H22FN3OS2/c1-3-16-28-23(18-12-14-26-15-13-18)22(17-4-6-19(25)7-5-17)27-24(28)30-20-8-10-21(11-9-20)31(2)29/h4-15H,3,16H2,1-2H3. The molecule has 4 rings (SSSR count). The third-order valence-corrected chi connectivity index (χ3v) is 6.75. The molecule has 0 saturated carbocycles. The highest BCUT2D eigenvalue weighted by atomic mass is 32.2. The molecule has 4 nitrogen and oxygen atoms in total. The number of benzene rings is 2. The maximum absolute atomic E-state index is 13.5. The van der Waals surface area contributed by atoms with E-state index in [2.05, 4.69) is 16.5 Å². The van der Waals surface area contributed by atoms with Crippen molar-refractivity contribution in [3.63, 3.8) is 0 Å². The van der Waals surface area contributed by atoms with E-state index in [1.165, 1.54) is 12.1 Å². The van der Waals surface area contributed by atoms with Gasteiger partial charge in [-0.05, 0) is 78.3 Å². The fraction of sp³-hybridized carbons (Fsp3) is 0.167. The Balaban J connectivity index is 1.83. The van der Waals surface area contributed by atoms with Crippen molar-refractivity contribution in [2.75, 3.05) is 6.26 Å². The molecule has 2 aromatic heterocycles. The van der Waals surface area contributed by atoms with Gasteiger partial charge in [0, 0.05) is 35.0 Å². The van der Waals surface area contributed by atoms with Gasteiger partial charge in [-0.2, -0.15) is 0 Å². The second-order valence-corrected chi connectivity index (χ2v) is 9.43. The minimum absolute atomic E-state index is 0.273. The lowest BCUT2D eigenvalue weighted by molar-refractivity contribution is 0.600. The smallest absolute Gasteiger partial charge is 0.173 e. The molecule has 0 aliphatic carbocycles. The third kappa shape index (κ3) is 4.84. The maximum Gasteiger partial charge on any atom is 0.173 e. The van der Waals surface area contributed by atoms with Crippen LogP contribution in [0.15, 0.2) is 88.0 Å². The number of aromatic nitrogens is 3. The molecule has 0 fully saturated rings. The molecule has 0 spiro atoms. The molecule has 0 radical (unpaired) electrons. The summed E-state index contributed by atoms with van der Waals surface area (Å²) in [5.41, 5.74) is 3.68. The van der Waals surface area contributed by atoms with Gasteiger partial charge in [0.05, 0.1) is 11.4 Å². The molecular weight excluding hydrogens is 429 g/mol. The van der Waals surface area contributed by atoms with E-state index in [1.54, 1.807) is 42.5 Å². The van der Waals surface area contributed by atoms with Crippen LogP contribution in [0, 0.1) is 5.82 Å². The number of rotatable bonds is 7. The zero-order valence-electron chi connectivity index (χ0n) is 17.3. The zero-order chi connectivity index (χ0) is 21.8. The fourth-order valence-corrected chi connectivity index (χ4v) is 4.79. The topological polar surface area (TPSA) is 53.8 Å². The number of imidazole rings is 1. The molecule has 4 aromatic rings. The lowest BCUT2D eigenvalue weighted by Crippen LogP contribution is -2.02. The zero-order valence-corrected chi connectivity index (χ0v) is 18.9. The molecule has 0 amide bonds. The molecule has 1 atom stereocenters. The fourth-order valence-electron chi connectivity index (χ4n) is 3.36. The molecule has 0 bridgehead atoms. The van der Waals surface area contributed by atoms with Crippen LogP contribution in [0.3, 0.4) is 0 Å². The summed E-state index contributed by atoms with van der Waals surface area (Å²) in [5.74, 6) is -0.273. The quantitative estimate of drug-likeness (QED) is 0.321. The highest BCUT2D eigenvalue weighted by Crippen LogP contribution is 2.38. The first-order chi connectivity index (χ1) is 15.1. The predicted octanol–water partition coefficient (Wildman–Crippen LogP) is 6.05. The molecule has 2 aromatic carbocycles. The van der Waals surface area contributed by atoms with Crippen LogP contribution in [0.4, 0.5) is 4.39 Å². The van der Waals surface area contributed by atoms with Crippen molar-refractivity contribution in [3.05, 3.63) is 78.9 Å². The first kappa shape index (κ1) is 21.6. The predicted molar refractivity (Wildman–Crippen MR) is 124 cm³/mol. The summed E-state index contributed by atoms with van der Waals surface area (Å²) in [6, 6.07) is 18.1. The highest BCUT2D eigenvalue weighted by Gasteiger charge is 2.21. The average molecular weight is 452 g/mol. The molecule has 158 valence electrons. The Morgan fingerprint density at radius 2 is 1.65 bits per heavy atom. The number of halogens is 1. The van der Waals surface area contributed by atoms with Gasteiger partial charge in [0.1, 0.15) is 12.1 Å². The molecule has 2 heterocycles. The largest absolute Gasteiger partial charge is 0.612 e. The number of nitrogens with zero attached hydrogens (tertiary/aromatic N) is 3. The van der Waals surface area contributed by atoms with E-state index < -0.39 is 11.2 Å². The van der Waals surface area contributed by atoms with Crippen LogP contribution >= 0.6 is 11.8 Å². The van der Waals surface area contributed by atoms with Crippen LogP contribution in [0.5, 0.6) is 0 Å². The van der Waals surface area contributed by atoms with Crippen LogP contribution in [-0.4, -0.2) is 25.3 Å². The highest BCUT2D eigenvalue weighted by molar-refractivity contribution is 7.99. The SMILES string of the molecule is CCCn1c(Sc2ccc([S+](C)[O-])cc2)nc(-c2ccc(F)cc2)c1-c1ccncc1. The lowest BCUT2D eigenvalue weighted by Gasteiger charge is -2.12. The van der Waals surface area contributed by atoms with Crippen molar-refractivity contribution >= 4 is 22.9 Å². The lowest BCUT2D eigenvalue weighted by atomic mass is 10.1. The second kappa shape index (κ2) is 9.68. The van der Waals surface area contributed by atoms with Gasteiger partial charge >= 0.3 is 0 Å². The van der Waals surface area contributed by atoms with Crippen molar-refractivity contribution in [3.8, 4) is 22.5 Å². The van der Waals surface area contributed by atoms with Gasteiger partial charge in [-0.15, -0.1) is 0 Å². The minimum atomic E-state index is -1.01. The van der Waals surface area contributed by atoms with Crippen LogP contribution in [0.25, 0.3) is 22.5 Å². The van der Waals surface area contributed by atoms with Gasteiger partial charge in [-0.1, -0.05) is 18.7 Å². The number of pyridine rings is 1. The summed E-state index contributed by atoms with van der Waals surface area (Å²) in [6.45, 7) is 2.93.